The average Bonchev–Trinajstić information content (AvgIpc) is 3.19. The Hall–Kier alpha value is -2.56. The minimum absolute atomic E-state index is 1.26. The van der Waals surface area contributed by atoms with E-state index in [4.69, 9.17) is 0 Å². The van der Waals surface area contributed by atoms with Crippen LogP contribution in [-0.2, 0) is 7.05 Å². The number of allylic oxidation sites excluding steroid dienone is 2. The summed E-state index contributed by atoms with van der Waals surface area (Å²) in [7, 11) is 4.34. The molecule has 0 N–H and O–H groups in total. The van der Waals surface area contributed by atoms with Crippen molar-refractivity contribution in [2.24, 2.45) is 7.05 Å². The monoisotopic (exact) mass is 429 g/mol. The van der Waals surface area contributed by atoms with E-state index < -0.39 is 0 Å². The van der Waals surface area contributed by atoms with Crippen molar-refractivity contribution >= 4 is 55.9 Å². The summed E-state index contributed by atoms with van der Waals surface area (Å²) in [5.74, 6) is 0. The van der Waals surface area contributed by atoms with Gasteiger partial charge in [-0.3, -0.25) is 0 Å². The van der Waals surface area contributed by atoms with E-state index in [1.807, 2.05) is 23.1 Å². The van der Waals surface area contributed by atoms with Gasteiger partial charge < -0.3 is 4.90 Å². The number of fused-ring (bicyclic) bond motifs is 4. The lowest BCUT2D eigenvalue weighted by atomic mass is 10.1. The molecule has 2 nitrogen and oxygen atoms in total. The SMILES string of the molecule is CC(=Cc1sc2ccc3ccccc3c2[n+]1C)C=C1Sc2cc(C)c(C)cc2N1C. The molecule has 0 spiro atoms. The third-order valence-corrected chi connectivity index (χ3v) is 8.23. The van der Waals surface area contributed by atoms with Crippen molar-refractivity contribution in [1.82, 2.24) is 0 Å². The number of anilines is 1. The largest absolute Gasteiger partial charge is 0.338 e. The Bertz CT molecular complexity index is 1380. The van der Waals surface area contributed by atoms with E-state index in [1.165, 1.54) is 58.3 Å². The Morgan fingerprint density at radius 3 is 2.63 bits per heavy atom. The summed E-state index contributed by atoms with van der Waals surface area (Å²) in [5.41, 5.74) is 6.58. The Balaban J connectivity index is 1.53. The van der Waals surface area contributed by atoms with E-state index in [-0.39, 0.29) is 0 Å². The Morgan fingerprint density at radius 2 is 1.80 bits per heavy atom. The normalized spacial score (nSPS) is 15.6. The highest BCUT2D eigenvalue weighted by molar-refractivity contribution is 8.03. The summed E-state index contributed by atoms with van der Waals surface area (Å²) in [6.07, 6.45) is 4.61. The molecule has 0 atom stereocenters. The number of hydrogen-bond acceptors (Lipinski definition) is 3. The van der Waals surface area contributed by atoms with Crippen molar-refractivity contribution in [1.29, 1.82) is 0 Å². The molecule has 0 unspecified atom stereocenters. The van der Waals surface area contributed by atoms with Crippen LogP contribution in [0.3, 0.4) is 0 Å². The summed E-state index contributed by atoms with van der Waals surface area (Å²) in [4.78, 5) is 3.65. The topological polar surface area (TPSA) is 7.12 Å². The van der Waals surface area contributed by atoms with Crippen LogP contribution in [0.2, 0.25) is 0 Å². The molecule has 0 amide bonds. The summed E-state index contributed by atoms with van der Waals surface area (Å²) < 4.78 is 3.66. The highest BCUT2D eigenvalue weighted by Gasteiger charge is 2.23. The fourth-order valence-corrected chi connectivity index (χ4v) is 6.48. The first kappa shape index (κ1) is 19.4. The Morgan fingerprint density at radius 1 is 1.03 bits per heavy atom. The molecule has 0 saturated carbocycles. The number of benzene rings is 3. The van der Waals surface area contributed by atoms with Gasteiger partial charge in [-0.25, -0.2) is 0 Å². The third-order valence-electron chi connectivity index (χ3n) is 5.93. The maximum Gasteiger partial charge on any atom is 0.262 e. The average molecular weight is 430 g/mol. The lowest BCUT2D eigenvalue weighted by molar-refractivity contribution is -0.641. The van der Waals surface area contributed by atoms with Crippen LogP contribution >= 0.6 is 23.1 Å². The van der Waals surface area contributed by atoms with Gasteiger partial charge >= 0.3 is 0 Å². The molecular formula is C26H25N2S2+. The molecule has 150 valence electrons. The van der Waals surface area contributed by atoms with Gasteiger partial charge in [-0.15, -0.1) is 0 Å². The number of aromatic nitrogens is 1. The van der Waals surface area contributed by atoms with Crippen molar-refractivity contribution < 1.29 is 4.57 Å². The fraction of sp³-hybridized carbons (Fsp3) is 0.192. The number of hydrogen-bond donors (Lipinski definition) is 0. The standard InChI is InChI=1S/C26H25N2S2/c1-16(12-24-27(4)21-14-17(2)18(3)15-23(21)30-24)13-25-28(5)26-20-9-7-6-8-19(20)10-11-22(26)29-25/h6-15H,1-5H3/q+1. The zero-order valence-electron chi connectivity index (χ0n) is 18.0. The van der Waals surface area contributed by atoms with Crippen LogP contribution in [0, 0.1) is 13.8 Å². The van der Waals surface area contributed by atoms with Crippen LogP contribution < -0.4 is 9.47 Å². The van der Waals surface area contributed by atoms with Gasteiger partial charge in [0.25, 0.3) is 5.01 Å². The minimum Gasteiger partial charge on any atom is -0.338 e. The maximum atomic E-state index is 2.33. The van der Waals surface area contributed by atoms with Gasteiger partial charge in [0.05, 0.1) is 16.1 Å². The second-order valence-electron chi connectivity index (χ2n) is 8.07. The molecule has 2 heterocycles. The zero-order chi connectivity index (χ0) is 21.0. The molecule has 1 aliphatic rings. The van der Waals surface area contributed by atoms with Crippen LogP contribution in [0.5, 0.6) is 0 Å². The molecular weight excluding hydrogens is 404 g/mol. The van der Waals surface area contributed by atoms with Crippen LogP contribution in [0.15, 0.2) is 70.1 Å². The van der Waals surface area contributed by atoms with Gasteiger partial charge in [-0.1, -0.05) is 47.4 Å². The summed E-state index contributed by atoms with van der Waals surface area (Å²) >= 11 is 3.71. The highest BCUT2D eigenvalue weighted by atomic mass is 32.2. The van der Waals surface area contributed by atoms with Crippen LogP contribution in [0.1, 0.15) is 23.1 Å². The van der Waals surface area contributed by atoms with E-state index in [0.29, 0.717) is 0 Å². The van der Waals surface area contributed by atoms with Gasteiger partial charge in [-0.2, -0.15) is 4.57 Å². The molecule has 30 heavy (non-hydrogen) atoms. The van der Waals surface area contributed by atoms with Crippen molar-refractivity contribution in [3.05, 3.63) is 81.3 Å². The smallest absolute Gasteiger partial charge is 0.262 e. The molecule has 4 heteroatoms. The molecule has 3 aromatic carbocycles. The Kier molecular flexibility index (Phi) is 4.72. The second-order valence-corrected chi connectivity index (χ2v) is 10.2. The van der Waals surface area contributed by atoms with Crippen LogP contribution in [0.25, 0.3) is 27.1 Å². The van der Waals surface area contributed by atoms with Gasteiger partial charge in [-0.05, 0) is 73.2 Å². The van der Waals surface area contributed by atoms with Crippen molar-refractivity contribution in [3.8, 4) is 0 Å². The summed E-state index contributed by atoms with van der Waals surface area (Å²) in [5, 5.41) is 5.15. The lowest BCUT2D eigenvalue weighted by Gasteiger charge is -2.14. The molecule has 1 aliphatic heterocycles. The molecule has 0 radical (unpaired) electrons. The van der Waals surface area contributed by atoms with Gasteiger partial charge in [0.15, 0.2) is 0 Å². The second kappa shape index (κ2) is 7.29. The number of aryl methyl sites for hydroxylation is 3. The third kappa shape index (κ3) is 3.15. The van der Waals surface area contributed by atoms with E-state index in [0.717, 1.165) is 0 Å². The number of thioether (sulfide) groups is 1. The van der Waals surface area contributed by atoms with E-state index in [9.17, 15) is 0 Å². The number of thiazole rings is 1. The number of rotatable bonds is 2. The highest BCUT2D eigenvalue weighted by Crippen LogP contribution is 2.46. The first-order chi connectivity index (χ1) is 14.4. The predicted molar refractivity (Wildman–Crippen MR) is 132 cm³/mol. The zero-order valence-corrected chi connectivity index (χ0v) is 19.6. The van der Waals surface area contributed by atoms with Gasteiger partial charge in [0.1, 0.15) is 11.7 Å². The van der Waals surface area contributed by atoms with Crippen LogP contribution in [0.4, 0.5) is 5.69 Å². The van der Waals surface area contributed by atoms with E-state index in [2.05, 4.69) is 105 Å². The van der Waals surface area contributed by atoms with E-state index in [1.54, 1.807) is 0 Å². The van der Waals surface area contributed by atoms with Crippen LogP contribution in [-0.4, -0.2) is 7.05 Å². The van der Waals surface area contributed by atoms with Crippen molar-refractivity contribution in [2.45, 2.75) is 25.7 Å². The Labute approximate surface area is 186 Å². The predicted octanol–water partition coefficient (Wildman–Crippen LogP) is 6.98. The lowest BCUT2D eigenvalue weighted by Crippen LogP contribution is -2.29. The quantitative estimate of drug-likeness (QED) is 0.317. The number of nitrogens with zero attached hydrogens (tertiary/aromatic N) is 2. The van der Waals surface area contributed by atoms with Gasteiger partial charge in [0, 0.05) is 18.0 Å². The molecule has 0 aliphatic carbocycles. The molecule has 4 aromatic rings. The van der Waals surface area contributed by atoms with Gasteiger partial charge in [0.2, 0.25) is 5.52 Å². The van der Waals surface area contributed by atoms with Crippen molar-refractivity contribution in [2.75, 3.05) is 11.9 Å². The summed E-state index contributed by atoms with van der Waals surface area (Å²) in [6.45, 7) is 6.57. The first-order valence-corrected chi connectivity index (χ1v) is 11.8. The molecule has 1 aromatic heterocycles. The molecule has 0 bridgehead atoms. The maximum absolute atomic E-state index is 2.33. The molecule has 0 saturated heterocycles. The van der Waals surface area contributed by atoms with Crippen molar-refractivity contribution in [3.63, 3.8) is 0 Å². The first-order valence-electron chi connectivity index (χ1n) is 10.2. The summed E-state index contributed by atoms with van der Waals surface area (Å²) in [6, 6.07) is 17.7. The molecule has 0 fully saturated rings. The van der Waals surface area contributed by atoms with E-state index >= 15 is 0 Å². The molecule has 5 rings (SSSR count). The minimum atomic E-state index is 1.26. The fourth-order valence-electron chi connectivity index (χ4n) is 4.06.